The minimum Gasteiger partial charge on any atom is -0.394 e. The molecular formula is C14H27N3O7. The van der Waals surface area contributed by atoms with Gasteiger partial charge in [-0.3, -0.25) is 9.59 Å². The van der Waals surface area contributed by atoms with Crippen LogP contribution in [0.2, 0.25) is 0 Å². The zero-order chi connectivity index (χ0) is 18.6. The Labute approximate surface area is 140 Å². The van der Waals surface area contributed by atoms with Gasteiger partial charge in [-0.15, -0.1) is 0 Å². The molecule has 10 nitrogen and oxygen atoms in total. The summed E-state index contributed by atoms with van der Waals surface area (Å²) >= 11 is 0. The molecule has 0 bridgehead atoms. The first kappa shape index (κ1) is 20.7. The van der Waals surface area contributed by atoms with Gasteiger partial charge in [0.1, 0.15) is 30.4 Å². The summed E-state index contributed by atoms with van der Waals surface area (Å²) in [6, 6.07) is -3.07. The van der Waals surface area contributed by atoms with Crippen molar-refractivity contribution < 1.29 is 34.8 Å². The Kier molecular flexibility index (Phi) is 7.52. The Hall–Kier alpha value is -1.30. The number of ether oxygens (including phenoxy) is 1. The van der Waals surface area contributed by atoms with Gasteiger partial charge in [0, 0.05) is 0 Å². The van der Waals surface area contributed by atoms with Crippen LogP contribution in [-0.2, 0) is 14.3 Å². The summed E-state index contributed by atoms with van der Waals surface area (Å²) < 4.78 is 4.96. The average Bonchev–Trinajstić information content (AvgIpc) is 2.51. The van der Waals surface area contributed by atoms with Crippen LogP contribution in [0.15, 0.2) is 0 Å². The van der Waals surface area contributed by atoms with E-state index in [0.29, 0.717) is 0 Å². The Balaban J connectivity index is 2.81. The molecule has 8 N–H and O–H groups in total. The van der Waals surface area contributed by atoms with Gasteiger partial charge in [-0.25, -0.2) is 0 Å². The minimum atomic E-state index is -1.62. The van der Waals surface area contributed by atoms with Crippen molar-refractivity contribution in [3.63, 3.8) is 0 Å². The number of hydrogen-bond donors (Lipinski definition) is 7. The number of amides is 2. The lowest BCUT2D eigenvalue weighted by molar-refractivity contribution is -0.254. The lowest BCUT2D eigenvalue weighted by Gasteiger charge is -2.40. The fraction of sp³-hybridized carbons (Fsp3) is 0.857. The largest absolute Gasteiger partial charge is 0.394 e. The highest BCUT2D eigenvalue weighted by Crippen LogP contribution is 2.20. The van der Waals surface area contributed by atoms with Gasteiger partial charge in [0.05, 0.1) is 12.6 Å². The number of nitrogens with one attached hydrogen (secondary N) is 2. The number of hydrogen-bond acceptors (Lipinski definition) is 8. The summed E-state index contributed by atoms with van der Waals surface area (Å²) in [4.78, 5) is 24.1. The number of carbonyl (C=O) groups excluding carboxylic acids is 2. The van der Waals surface area contributed by atoms with E-state index >= 15 is 0 Å². The Bertz CT molecular complexity index is 446. The molecule has 0 aromatic carbocycles. The van der Waals surface area contributed by atoms with E-state index in [1.807, 2.05) is 0 Å². The molecule has 1 aliphatic heterocycles. The van der Waals surface area contributed by atoms with Crippen LogP contribution < -0.4 is 16.4 Å². The fourth-order valence-electron chi connectivity index (χ4n) is 2.33. The van der Waals surface area contributed by atoms with Crippen LogP contribution in [0.5, 0.6) is 0 Å². The van der Waals surface area contributed by atoms with Crippen molar-refractivity contribution in [3.05, 3.63) is 0 Å². The van der Waals surface area contributed by atoms with Crippen LogP contribution in [0.3, 0.4) is 0 Å². The third kappa shape index (κ3) is 4.85. The molecule has 1 saturated heterocycles. The summed E-state index contributed by atoms with van der Waals surface area (Å²) in [5.74, 6) is -1.48. The number of aliphatic hydroxyl groups excluding tert-OH is 4. The van der Waals surface area contributed by atoms with Gasteiger partial charge in [0.15, 0.2) is 6.29 Å². The summed E-state index contributed by atoms with van der Waals surface area (Å²) in [5, 5.41) is 43.6. The van der Waals surface area contributed by atoms with Crippen molar-refractivity contribution >= 4 is 11.8 Å². The summed E-state index contributed by atoms with van der Waals surface area (Å²) in [6.07, 6.45) is -5.82. The molecule has 0 aromatic rings. The van der Waals surface area contributed by atoms with E-state index < -0.39 is 61.1 Å². The highest BCUT2D eigenvalue weighted by Gasteiger charge is 2.45. The molecule has 24 heavy (non-hydrogen) atoms. The van der Waals surface area contributed by atoms with E-state index in [9.17, 15) is 24.9 Å². The number of rotatable bonds is 6. The first-order valence-corrected chi connectivity index (χ1v) is 7.77. The lowest BCUT2D eigenvalue weighted by atomic mass is 9.95. The molecule has 140 valence electrons. The van der Waals surface area contributed by atoms with Crippen molar-refractivity contribution in [1.82, 2.24) is 10.6 Å². The monoisotopic (exact) mass is 349 g/mol. The van der Waals surface area contributed by atoms with Crippen molar-refractivity contribution in [2.75, 3.05) is 6.61 Å². The lowest BCUT2D eigenvalue weighted by Crippen LogP contribution is -2.66. The first-order chi connectivity index (χ1) is 11.1. The van der Waals surface area contributed by atoms with Crippen LogP contribution in [0.25, 0.3) is 0 Å². The smallest absolute Gasteiger partial charge is 0.243 e. The second-order valence-electron chi connectivity index (χ2n) is 6.28. The van der Waals surface area contributed by atoms with Gasteiger partial charge in [-0.1, -0.05) is 13.8 Å². The maximum atomic E-state index is 12.4. The second-order valence-corrected chi connectivity index (χ2v) is 6.28. The highest BCUT2D eigenvalue weighted by molar-refractivity contribution is 5.89. The Morgan fingerprint density at radius 3 is 2.17 bits per heavy atom. The van der Waals surface area contributed by atoms with Crippen LogP contribution in [0.1, 0.15) is 20.8 Å². The Morgan fingerprint density at radius 1 is 1.12 bits per heavy atom. The molecule has 1 heterocycles. The van der Waals surface area contributed by atoms with Crippen LogP contribution in [-0.4, -0.2) is 81.6 Å². The molecular weight excluding hydrogens is 322 g/mol. The summed E-state index contributed by atoms with van der Waals surface area (Å²) in [7, 11) is 0. The normalized spacial score (nSPS) is 33.0. The number of aliphatic hydroxyl groups is 4. The quantitative estimate of drug-likeness (QED) is 0.257. The molecule has 1 rings (SSSR count). The molecule has 1 aliphatic rings. The van der Waals surface area contributed by atoms with Crippen LogP contribution in [0, 0.1) is 5.92 Å². The zero-order valence-electron chi connectivity index (χ0n) is 13.9. The number of carbonyl (C=O) groups is 2. The topological polar surface area (TPSA) is 174 Å². The molecule has 0 aliphatic carbocycles. The van der Waals surface area contributed by atoms with E-state index in [0.717, 1.165) is 0 Å². The molecule has 1 fully saturated rings. The maximum Gasteiger partial charge on any atom is 0.243 e. The molecule has 2 amide bonds. The molecule has 0 radical (unpaired) electrons. The highest BCUT2D eigenvalue weighted by atomic mass is 16.6. The van der Waals surface area contributed by atoms with Crippen molar-refractivity contribution in [3.8, 4) is 0 Å². The Morgan fingerprint density at radius 2 is 1.71 bits per heavy atom. The van der Waals surface area contributed by atoms with Gasteiger partial charge in [-0.05, 0) is 12.8 Å². The third-order valence-electron chi connectivity index (χ3n) is 3.87. The summed E-state index contributed by atoms with van der Waals surface area (Å²) in [6.45, 7) is 4.27. The summed E-state index contributed by atoms with van der Waals surface area (Å²) in [5.41, 5.74) is 5.46. The molecule has 0 unspecified atom stereocenters. The molecule has 0 spiro atoms. The van der Waals surface area contributed by atoms with Gasteiger partial charge >= 0.3 is 0 Å². The van der Waals surface area contributed by atoms with E-state index in [1.165, 1.54) is 6.92 Å². The first-order valence-electron chi connectivity index (χ1n) is 7.77. The van der Waals surface area contributed by atoms with Crippen molar-refractivity contribution in [2.24, 2.45) is 11.7 Å². The van der Waals surface area contributed by atoms with Gasteiger partial charge in [0.2, 0.25) is 11.8 Å². The molecule has 0 aromatic heterocycles. The van der Waals surface area contributed by atoms with Crippen molar-refractivity contribution in [1.29, 1.82) is 0 Å². The molecule has 10 heteroatoms. The standard InChI is InChI=1S/C14H27N3O7/c1-5(2)8(16-12(21)6(3)15)13(22)17-9-11(20)10(19)7(4-18)24-14(9)23/h5-11,14,18-20,23H,4,15H2,1-3H3,(H,16,21)(H,17,22)/t6-,7+,8-,9-,10-,11+,14+/m1/s1. The average molecular weight is 349 g/mol. The zero-order valence-corrected chi connectivity index (χ0v) is 13.9. The molecule has 0 saturated carbocycles. The minimum absolute atomic E-state index is 0.290. The van der Waals surface area contributed by atoms with Crippen LogP contribution in [0.4, 0.5) is 0 Å². The SMILES string of the molecule is CC(C)[C@@H](NC(=O)[C@@H](C)N)C(=O)N[C@@H]1[C@H](O)[C@H](O)[C@H](CO)O[C@@H]1O. The fourth-order valence-corrected chi connectivity index (χ4v) is 2.33. The molecule has 7 atom stereocenters. The third-order valence-corrected chi connectivity index (χ3v) is 3.87. The van der Waals surface area contributed by atoms with E-state index in [2.05, 4.69) is 10.6 Å². The van der Waals surface area contributed by atoms with Crippen LogP contribution >= 0.6 is 0 Å². The van der Waals surface area contributed by atoms with E-state index in [4.69, 9.17) is 15.6 Å². The van der Waals surface area contributed by atoms with Gasteiger partial charge in [0.25, 0.3) is 0 Å². The number of nitrogens with two attached hydrogens (primary N) is 1. The predicted octanol–water partition coefficient (Wildman–Crippen LogP) is -3.61. The van der Waals surface area contributed by atoms with E-state index in [-0.39, 0.29) is 5.92 Å². The maximum absolute atomic E-state index is 12.4. The van der Waals surface area contributed by atoms with Crippen molar-refractivity contribution in [2.45, 2.75) is 63.5 Å². The predicted molar refractivity (Wildman–Crippen MR) is 82.3 cm³/mol. The van der Waals surface area contributed by atoms with E-state index in [1.54, 1.807) is 13.8 Å². The second kappa shape index (κ2) is 8.70. The van der Waals surface area contributed by atoms with Gasteiger partial charge < -0.3 is 41.5 Å². The van der Waals surface area contributed by atoms with Gasteiger partial charge in [-0.2, -0.15) is 0 Å².